The van der Waals surface area contributed by atoms with Gasteiger partial charge in [-0.2, -0.15) is 8.78 Å². The molecule has 0 saturated carbocycles. The van der Waals surface area contributed by atoms with Crippen molar-refractivity contribution in [1.29, 1.82) is 0 Å². The summed E-state index contributed by atoms with van der Waals surface area (Å²) in [6.45, 7) is 6.58. The molecule has 8 heteroatoms. The number of carbonyl (C=O) groups is 2. The van der Waals surface area contributed by atoms with Gasteiger partial charge in [0, 0.05) is 25.5 Å². The predicted molar refractivity (Wildman–Crippen MR) is 82.8 cm³/mol. The topological polar surface area (TPSA) is 55.4 Å². The average Bonchev–Trinajstić information content (AvgIpc) is 2.48. The van der Waals surface area contributed by atoms with Crippen LogP contribution in [0, 0.1) is 28.7 Å². The molecule has 0 saturated heterocycles. The van der Waals surface area contributed by atoms with Crippen LogP contribution in [-0.4, -0.2) is 18.4 Å². The summed E-state index contributed by atoms with van der Waals surface area (Å²) in [5.41, 5.74) is 0.0749. The first-order valence-electron chi connectivity index (χ1n) is 7.81. The van der Waals surface area contributed by atoms with Crippen molar-refractivity contribution in [2.75, 3.05) is 6.54 Å². The number of carbonyl (C=O) groups excluding carboxylic acids is 2. The first-order chi connectivity index (χ1) is 11.5. The van der Waals surface area contributed by atoms with Gasteiger partial charge in [0.2, 0.25) is 23.3 Å². The number of esters is 1. The lowest BCUT2D eigenvalue weighted by Gasteiger charge is -2.17. The molecule has 0 aliphatic heterocycles. The van der Waals surface area contributed by atoms with E-state index in [0.29, 0.717) is 6.54 Å². The molecule has 140 valence electrons. The van der Waals surface area contributed by atoms with Crippen LogP contribution in [0.15, 0.2) is 6.07 Å². The third-order valence-corrected chi connectivity index (χ3v) is 3.27. The van der Waals surface area contributed by atoms with Crippen molar-refractivity contribution in [1.82, 2.24) is 5.32 Å². The molecule has 0 aliphatic carbocycles. The highest BCUT2D eigenvalue weighted by molar-refractivity contribution is 5.77. The number of amides is 1. The molecule has 0 aromatic heterocycles. The minimum absolute atomic E-state index is 0.0156. The van der Waals surface area contributed by atoms with Crippen LogP contribution in [0.4, 0.5) is 17.6 Å². The Morgan fingerprint density at radius 2 is 1.60 bits per heavy atom. The van der Waals surface area contributed by atoms with Crippen LogP contribution in [0.1, 0.15) is 46.5 Å². The smallest absolute Gasteiger partial charge is 0.311 e. The van der Waals surface area contributed by atoms with Gasteiger partial charge in [-0.1, -0.05) is 20.8 Å². The number of hydrogen-bond acceptors (Lipinski definition) is 3. The highest BCUT2D eigenvalue weighted by atomic mass is 19.2. The van der Waals surface area contributed by atoms with Crippen LogP contribution in [0.3, 0.4) is 0 Å². The zero-order chi connectivity index (χ0) is 19.2. The van der Waals surface area contributed by atoms with Crippen LogP contribution >= 0.6 is 0 Å². The molecule has 0 fully saturated rings. The third-order valence-electron chi connectivity index (χ3n) is 3.27. The first kappa shape index (κ1) is 20.9. The van der Waals surface area contributed by atoms with E-state index in [1.807, 2.05) is 20.8 Å². The van der Waals surface area contributed by atoms with E-state index >= 15 is 0 Å². The fourth-order valence-corrected chi connectivity index (χ4v) is 1.86. The summed E-state index contributed by atoms with van der Waals surface area (Å²) in [5, 5.41) is 2.69. The fraction of sp³-hybridized carbons (Fsp3) is 0.529. The second-order valence-corrected chi connectivity index (χ2v) is 6.79. The molecule has 0 heterocycles. The Balaban J connectivity index is 2.43. The maximum Gasteiger partial charge on any atom is 0.311 e. The van der Waals surface area contributed by atoms with Gasteiger partial charge < -0.3 is 10.1 Å². The van der Waals surface area contributed by atoms with Crippen molar-refractivity contribution >= 4 is 11.9 Å². The molecule has 0 aliphatic rings. The van der Waals surface area contributed by atoms with Crippen LogP contribution in [0.25, 0.3) is 0 Å². The van der Waals surface area contributed by atoms with Gasteiger partial charge in [-0.15, -0.1) is 0 Å². The molecule has 4 nitrogen and oxygen atoms in total. The van der Waals surface area contributed by atoms with E-state index in [1.54, 1.807) is 0 Å². The zero-order valence-electron chi connectivity index (χ0n) is 14.3. The number of ether oxygens (including phenoxy) is 1. The summed E-state index contributed by atoms with van der Waals surface area (Å²) in [7, 11) is 0. The normalized spacial score (nSPS) is 11.3. The highest BCUT2D eigenvalue weighted by Crippen LogP contribution is 2.26. The van der Waals surface area contributed by atoms with E-state index in [4.69, 9.17) is 0 Å². The van der Waals surface area contributed by atoms with Gasteiger partial charge in [-0.25, -0.2) is 8.78 Å². The molecule has 1 amide bonds. The van der Waals surface area contributed by atoms with E-state index in [2.05, 4.69) is 10.1 Å². The maximum absolute atomic E-state index is 13.4. The zero-order valence-corrected chi connectivity index (χ0v) is 14.3. The van der Waals surface area contributed by atoms with Gasteiger partial charge in [0.15, 0.2) is 11.6 Å². The molecule has 0 radical (unpaired) electrons. The molecule has 25 heavy (non-hydrogen) atoms. The van der Waals surface area contributed by atoms with Crippen molar-refractivity contribution in [2.45, 2.75) is 46.5 Å². The average molecular weight is 363 g/mol. The summed E-state index contributed by atoms with van der Waals surface area (Å²) in [5.74, 6) is -9.69. The molecule has 0 bridgehead atoms. The number of halogens is 4. The molecule has 1 aromatic rings. The Bertz CT molecular complexity index is 616. The van der Waals surface area contributed by atoms with Crippen molar-refractivity contribution in [3.63, 3.8) is 0 Å². The highest BCUT2D eigenvalue weighted by Gasteiger charge is 2.23. The van der Waals surface area contributed by atoms with Gasteiger partial charge in [-0.3, -0.25) is 9.59 Å². The summed E-state index contributed by atoms with van der Waals surface area (Å²) in [6, 6.07) is 0.0178. The second kappa shape index (κ2) is 8.82. The van der Waals surface area contributed by atoms with Gasteiger partial charge in [0.25, 0.3) is 0 Å². The lowest BCUT2D eigenvalue weighted by Crippen LogP contribution is -2.27. The first-order valence-corrected chi connectivity index (χ1v) is 7.81. The van der Waals surface area contributed by atoms with E-state index < -0.39 is 35.0 Å². The summed E-state index contributed by atoms with van der Waals surface area (Å²) in [4.78, 5) is 23.1. The minimum Gasteiger partial charge on any atom is -0.420 e. The quantitative estimate of drug-likeness (QED) is 0.346. The Labute approximate surface area is 143 Å². The Morgan fingerprint density at radius 1 is 1.04 bits per heavy atom. The Hall–Kier alpha value is -2.12. The standard InChI is InChI=1S/C17H21F4NO3/c1-17(2,3)7-8-22-12(23)5-4-6-13(24)25-16-14(20)10(18)9-11(19)15(16)21/h9H,4-8H2,1-3H3,(H,22,23). The number of rotatable bonds is 7. The molecule has 0 spiro atoms. The maximum atomic E-state index is 13.4. The minimum atomic E-state index is -1.79. The molecular formula is C17H21F4NO3. The monoisotopic (exact) mass is 363 g/mol. The van der Waals surface area contributed by atoms with Crippen LogP contribution in [0.2, 0.25) is 0 Å². The second-order valence-electron chi connectivity index (χ2n) is 6.79. The van der Waals surface area contributed by atoms with E-state index in [0.717, 1.165) is 6.42 Å². The fourth-order valence-electron chi connectivity index (χ4n) is 1.86. The SMILES string of the molecule is CC(C)(C)CCNC(=O)CCCC(=O)Oc1c(F)c(F)cc(F)c1F. The van der Waals surface area contributed by atoms with E-state index in [1.165, 1.54) is 0 Å². The van der Waals surface area contributed by atoms with Gasteiger partial charge in [0.05, 0.1) is 0 Å². The number of hydrogen-bond donors (Lipinski definition) is 1. The number of nitrogens with one attached hydrogen (secondary N) is 1. The lowest BCUT2D eigenvalue weighted by atomic mass is 9.92. The van der Waals surface area contributed by atoms with Gasteiger partial charge >= 0.3 is 5.97 Å². The Morgan fingerprint density at radius 3 is 2.12 bits per heavy atom. The summed E-state index contributed by atoms with van der Waals surface area (Å²) in [6.07, 6.45) is 0.539. The van der Waals surface area contributed by atoms with Crippen LogP contribution < -0.4 is 10.1 Å². The van der Waals surface area contributed by atoms with Crippen LogP contribution in [-0.2, 0) is 9.59 Å². The third kappa shape index (κ3) is 7.11. The number of benzene rings is 1. The van der Waals surface area contributed by atoms with Crippen molar-refractivity contribution in [3.8, 4) is 5.75 Å². The van der Waals surface area contributed by atoms with Crippen molar-refractivity contribution in [3.05, 3.63) is 29.3 Å². The van der Waals surface area contributed by atoms with E-state index in [-0.39, 0.29) is 36.7 Å². The van der Waals surface area contributed by atoms with Crippen molar-refractivity contribution < 1.29 is 31.9 Å². The molecule has 0 unspecified atom stereocenters. The lowest BCUT2D eigenvalue weighted by molar-refractivity contribution is -0.135. The van der Waals surface area contributed by atoms with Crippen molar-refractivity contribution in [2.24, 2.45) is 5.41 Å². The van der Waals surface area contributed by atoms with Gasteiger partial charge in [0.1, 0.15) is 0 Å². The van der Waals surface area contributed by atoms with Crippen LogP contribution in [0.5, 0.6) is 5.75 Å². The molecule has 1 N–H and O–H groups in total. The summed E-state index contributed by atoms with van der Waals surface area (Å²) >= 11 is 0. The summed E-state index contributed by atoms with van der Waals surface area (Å²) < 4.78 is 57.1. The molecule has 1 aromatic carbocycles. The molecule has 0 atom stereocenters. The van der Waals surface area contributed by atoms with E-state index in [9.17, 15) is 27.2 Å². The Kier molecular flexibility index (Phi) is 7.38. The molecular weight excluding hydrogens is 342 g/mol. The predicted octanol–water partition coefficient (Wildman–Crippen LogP) is 3.87. The molecule has 1 rings (SSSR count). The largest absolute Gasteiger partial charge is 0.420 e. The van der Waals surface area contributed by atoms with Gasteiger partial charge in [-0.05, 0) is 18.3 Å².